The fourth-order valence-corrected chi connectivity index (χ4v) is 2.08. The van der Waals surface area contributed by atoms with Crippen LogP contribution in [0.25, 0.3) is 10.9 Å². The molecule has 0 fully saturated rings. The van der Waals surface area contributed by atoms with Gasteiger partial charge in [-0.25, -0.2) is 4.98 Å². The van der Waals surface area contributed by atoms with Crippen LogP contribution in [0.15, 0.2) is 24.3 Å². The third-order valence-electron chi connectivity index (χ3n) is 2.58. The van der Waals surface area contributed by atoms with Crippen molar-refractivity contribution < 1.29 is 9.84 Å². The van der Waals surface area contributed by atoms with E-state index in [0.717, 1.165) is 16.5 Å². The molecular weight excluding hydrogens is 238 g/mol. The summed E-state index contributed by atoms with van der Waals surface area (Å²) in [6.07, 6.45) is 0.136. The first-order valence-electron chi connectivity index (χ1n) is 5.42. The lowest BCUT2D eigenvalue weighted by molar-refractivity contribution is 0.195. The molecule has 1 heterocycles. The van der Waals surface area contributed by atoms with E-state index in [4.69, 9.17) is 16.3 Å². The van der Waals surface area contributed by atoms with Crippen molar-refractivity contribution in [2.75, 3.05) is 7.11 Å². The highest BCUT2D eigenvalue weighted by Gasteiger charge is 2.09. The minimum absolute atomic E-state index is 0.406. The molecule has 90 valence electrons. The summed E-state index contributed by atoms with van der Waals surface area (Å²) in [6.45, 7) is 1.74. The second-order valence-corrected chi connectivity index (χ2v) is 4.39. The van der Waals surface area contributed by atoms with Crippen molar-refractivity contribution >= 4 is 22.5 Å². The van der Waals surface area contributed by atoms with E-state index in [1.165, 1.54) is 0 Å². The predicted octanol–water partition coefficient (Wildman–Crippen LogP) is 2.82. The van der Waals surface area contributed by atoms with Gasteiger partial charge in [-0.2, -0.15) is 0 Å². The van der Waals surface area contributed by atoms with Gasteiger partial charge in [0.1, 0.15) is 0 Å². The molecule has 0 saturated heterocycles. The van der Waals surface area contributed by atoms with Crippen LogP contribution < -0.4 is 4.74 Å². The third kappa shape index (κ3) is 2.51. The number of hydrogen-bond donors (Lipinski definition) is 1. The standard InChI is InChI=1S/C13H14ClNO2/c1-8(16)7-9-3-5-11-10(13(9)14)4-6-12(15-11)17-2/h3-6,8,16H,7H2,1-2H3. The van der Waals surface area contributed by atoms with Crippen LogP contribution in [0.3, 0.4) is 0 Å². The van der Waals surface area contributed by atoms with E-state index in [1.807, 2.05) is 18.2 Å². The highest BCUT2D eigenvalue weighted by atomic mass is 35.5. The SMILES string of the molecule is COc1ccc2c(Cl)c(CC(C)O)ccc2n1. The van der Waals surface area contributed by atoms with Gasteiger partial charge in [-0.3, -0.25) is 0 Å². The molecule has 1 atom stereocenters. The van der Waals surface area contributed by atoms with E-state index >= 15 is 0 Å². The lowest BCUT2D eigenvalue weighted by Crippen LogP contribution is -2.04. The minimum Gasteiger partial charge on any atom is -0.481 e. The number of halogens is 1. The number of rotatable bonds is 3. The summed E-state index contributed by atoms with van der Waals surface area (Å²) < 4.78 is 5.06. The molecule has 1 unspecified atom stereocenters. The van der Waals surface area contributed by atoms with Gasteiger partial charge in [0, 0.05) is 11.5 Å². The molecule has 2 rings (SSSR count). The van der Waals surface area contributed by atoms with E-state index in [0.29, 0.717) is 17.3 Å². The Morgan fingerprint density at radius 2 is 2.12 bits per heavy atom. The van der Waals surface area contributed by atoms with Gasteiger partial charge in [-0.15, -0.1) is 0 Å². The summed E-state index contributed by atoms with van der Waals surface area (Å²) in [6, 6.07) is 7.45. The van der Waals surface area contributed by atoms with Crippen molar-refractivity contribution in [3.8, 4) is 5.88 Å². The first-order valence-corrected chi connectivity index (χ1v) is 5.80. The van der Waals surface area contributed by atoms with Crippen LogP contribution in [0.2, 0.25) is 5.02 Å². The van der Waals surface area contributed by atoms with Crippen LogP contribution in [0, 0.1) is 0 Å². The smallest absolute Gasteiger partial charge is 0.213 e. The molecule has 0 saturated carbocycles. The quantitative estimate of drug-likeness (QED) is 0.912. The number of aliphatic hydroxyl groups excluding tert-OH is 1. The Bertz CT molecular complexity index is 540. The number of pyridine rings is 1. The fraction of sp³-hybridized carbons (Fsp3) is 0.308. The molecule has 17 heavy (non-hydrogen) atoms. The van der Waals surface area contributed by atoms with Crippen molar-refractivity contribution in [2.45, 2.75) is 19.4 Å². The van der Waals surface area contributed by atoms with Crippen LogP contribution in [-0.4, -0.2) is 23.3 Å². The number of aliphatic hydroxyl groups is 1. The normalized spacial score (nSPS) is 12.7. The minimum atomic E-state index is -0.406. The molecule has 0 radical (unpaired) electrons. The van der Waals surface area contributed by atoms with E-state index in [1.54, 1.807) is 20.1 Å². The second-order valence-electron chi connectivity index (χ2n) is 4.01. The highest BCUT2D eigenvalue weighted by Crippen LogP contribution is 2.28. The summed E-state index contributed by atoms with van der Waals surface area (Å²) >= 11 is 6.29. The number of methoxy groups -OCH3 is 1. The number of fused-ring (bicyclic) bond motifs is 1. The summed E-state index contributed by atoms with van der Waals surface area (Å²) in [5.74, 6) is 0.567. The highest BCUT2D eigenvalue weighted by molar-refractivity contribution is 6.36. The second kappa shape index (κ2) is 4.90. The summed E-state index contributed by atoms with van der Waals surface area (Å²) in [4.78, 5) is 4.31. The van der Waals surface area contributed by atoms with Gasteiger partial charge in [0.2, 0.25) is 5.88 Å². The Morgan fingerprint density at radius 3 is 2.76 bits per heavy atom. The number of aromatic nitrogens is 1. The molecule has 0 aliphatic rings. The van der Waals surface area contributed by atoms with Gasteiger partial charge in [-0.1, -0.05) is 17.7 Å². The van der Waals surface area contributed by atoms with E-state index < -0.39 is 6.10 Å². The first kappa shape index (κ1) is 12.1. The fourth-order valence-electron chi connectivity index (χ4n) is 1.78. The Hall–Kier alpha value is -1.32. The van der Waals surface area contributed by atoms with Gasteiger partial charge in [0.05, 0.1) is 23.8 Å². The number of hydrogen-bond acceptors (Lipinski definition) is 3. The maximum absolute atomic E-state index is 9.39. The molecule has 0 bridgehead atoms. The molecule has 4 heteroatoms. The zero-order valence-electron chi connectivity index (χ0n) is 9.77. The van der Waals surface area contributed by atoms with E-state index in [9.17, 15) is 5.11 Å². The number of ether oxygens (including phenoxy) is 1. The monoisotopic (exact) mass is 251 g/mol. The molecule has 1 aromatic heterocycles. The number of nitrogens with zero attached hydrogens (tertiary/aromatic N) is 1. The third-order valence-corrected chi connectivity index (χ3v) is 3.03. The Morgan fingerprint density at radius 1 is 1.35 bits per heavy atom. The topological polar surface area (TPSA) is 42.4 Å². The van der Waals surface area contributed by atoms with Gasteiger partial charge >= 0.3 is 0 Å². The van der Waals surface area contributed by atoms with Crippen molar-refractivity contribution in [3.05, 3.63) is 34.9 Å². The average Bonchev–Trinajstić information content (AvgIpc) is 2.32. The lowest BCUT2D eigenvalue weighted by Gasteiger charge is -2.09. The van der Waals surface area contributed by atoms with Gasteiger partial charge in [0.25, 0.3) is 0 Å². The van der Waals surface area contributed by atoms with E-state index in [2.05, 4.69) is 4.98 Å². The van der Waals surface area contributed by atoms with Crippen LogP contribution in [-0.2, 0) is 6.42 Å². The molecule has 0 aliphatic heterocycles. The van der Waals surface area contributed by atoms with Crippen LogP contribution >= 0.6 is 11.6 Å². The maximum Gasteiger partial charge on any atom is 0.213 e. The summed E-state index contributed by atoms with van der Waals surface area (Å²) in [5.41, 5.74) is 1.73. The Kier molecular flexibility index (Phi) is 3.50. The molecule has 1 aromatic carbocycles. The average molecular weight is 252 g/mol. The van der Waals surface area contributed by atoms with Gasteiger partial charge in [0.15, 0.2) is 0 Å². The van der Waals surface area contributed by atoms with Crippen molar-refractivity contribution in [1.82, 2.24) is 4.98 Å². The molecule has 0 spiro atoms. The van der Waals surface area contributed by atoms with Crippen molar-refractivity contribution in [1.29, 1.82) is 0 Å². The molecule has 0 amide bonds. The van der Waals surface area contributed by atoms with Crippen LogP contribution in [0.1, 0.15) is 12.5 Å². The maximum atomic E-state index is 9.39. The first-order chi connectivity index (χ1) is 8.11. The Balaban J connectivity index is 2.52. The zero-order valence-corrected chi connectivity index (χ0v) is 10.5. The predicted molar refractivity (Wildman–Crippen MR) is 68.7 cm³/mol. The zero-order chi connectivity index (χ0) is 12.4. The van der Waals surface area contributed by atoms with Crippen molar-refractivity contribution in [3.63, 3.8) is 0 Å². The van der Waals surface area contributed by atoms with E-state index in [-0.39, 0.29) is 0 Å². The van der Waals surface area contributed by atoms with Gasteiger partial charge in [-0.05, 0) is 31.0 Å². The van der Waals surface area contributed by atoms with Crippen molar-refractivity contribution in [2.24, 2.45) is 0 Å². The summed E-state index contributed by atoms with van der Waals surface area (Å²) in [5, 5.41) is 10.9. The Labute approximate surface area is 105 Å². The summed E-state index contributed by atoms with van der Waals surface area (Å²) in [7, 11) is 1.58. The molecule has 2 aromatic rings. The molecular formula is C13H14ClNO2. The molecule has 3 nitrogen and oxygen atoms in total. The van der Waals surface area contributed by atoms with Crippen LogP contribution in [0.4, 0.5) is 0 Å². The van der Waals surface area contributed by atoms with Gasteiger partial charge < -0.3 is 9.84 Å². The largest absolute Gasteiger partial charge is 0.481 e. The number of benzene rings is 1. The lowest BCUT2D eigenvalue weighted by atomic mass is 10.1. The van der Waals surface area contributed by atoms with Crippen LogP contribution in [0.5, 0.6) is 5.88 Å². The molecule has 1 N–H and O–H groups in total. The molecule has 0 aliphatic carbocycles.